The Balaban J connectivity index is 3.41. The minimum atomic E-state index is -4.28. The van der Waals surface area contributed by atoms with Gasteiger partial charge in [0.25, 0.3) is 0 Å². The van der Waals surface area contributed by atoms with Crippen LogP contribution >= 0.6 is 0 Å². The van der Waals surface area contributed by atoms with Crippen LogP contribution in [0.4, 0.5) is 13.2 Å². The number of aryl methyl sites for hydroxylation is 2. The van der Waals surface area contributed by atoms with Gasteiger partial charge in [0.05, 0.1) is 5.56 Å². The third kappa shape index (κ3) is 2.41. The predicted octanol–water partition coefficient (Wildman–Crippen LogP) is 4.36. The minimum absolute atomic E-state index is 0.250. The zero-order valence-corrected chi connectivity index (χ0v) is 9.00. The van der Waals surface area contributed by atoms with Gasteiger partial charge in [0.1, 0.15) is 0 Å². The zero-order chi connectivity index (χ0) is 11.8. The molecule has 3 heteroatoms. The van der Waals surface area contributed by atoms with E-state index >= 15 is 0 Å². The van der Waals surface area contributed by atoms with Gasteiger partial charge in [-0.25, -0.2) is 0 Å². The van der Waals surface area contributed by atoms with E-state index in [1.165, 1.54) is 26.0 Å². The van der Waals surface area contributed by atoms with Gasteiger partial charge in [-0.05, 0) is 37.5 Å². The van der Waals surface area contributed by atoms with Gasteiger partial charge in [0.15, 0.2) is 0 Å². The molecule has 1 aromatic carbocycles. The Hall–Kier alpha value is -1.25. The van der Waals surface area contributed by atoms with Crippen LogP contribution in [0.25, 0.3) is 5.57 Å². The number of hydrogen-bond donors (Lipinski definition) is 0. The summed E-state index contributed by atoms with van der Waals surface area (Å²) in [5, 5.41) is 0. The summed E-state index contributed by atoms with van der Waals surface area (Å²) >= 11 is 0. The van der Waals surface area contributed by atoms with Crippen LogP contribution in [0.3, 0.4) is 0 Å². The van der Waals surface area contributed by atoms with Crippen LogP contribution in [0.1, 0.15) is 29.2 Å². The second-order valence-corrected chi connectivity index (χ2v) is 3.76. The van der Waals surface area contributed by atoms with Gasteiger partial charge in [-0.1, -0.05) is 24.3 Å². The first-order chi connectivity index (χ1) is 6.73. The number of benzene rings is 1. The van der Waals surface area contributed by atoms with E-state index in [-0.39, 0.29) is 11.1 Å². The number of hydrogen-bond acceptors (Lipinski definition) is 0. The molecular weight excluding hydrogens is 201 g/mol. The lowest BCUT2D eigenvalue weighted by atomic mass is 9.96. The summed E-state index contributed by atoms with van der Waals surface area (Å²) in [5.74, 6) is 0. The minimum Gasteiger partial charge on any atom is -0.166 e. The fourth-order valence-corrected chi connectivity index (χ4v) is 1.66. The topological polar surface area (TPSA) is 0 Å². The van der Waals surface area contributed by atoms with Crippen molar-refractivity contribution >= 4 is 5.57 Å². The van der Waals surface area contributed by atoms with E-state index < -0.39 is 11.7 Å². The molecule has 0 aliphatic carbocycles. The Bertz CT molecular complexity index is 377. The van der Waals surface area contributed by atoms with E-state index in [4.69, 9.17) is 0 Å². The number of alkyl halides is 3. The molecule has 15 heavy (non-hydrogen) atoms. The number of rotatable bonds is 1. The first-order valence-corrected chi connectivity index (χ1v) is 4.58. The Labute approximate surface area is 87.4 Å². The second kappa shape index (κ2) is 3.72. The molecule has 0 fully saturated rings. The molecule has 0 aliphatic rings. The van der Waals surface area contributed by atoms with Crippen LogP contribution < -0.4 is 0 Å². The average molecular weight is 214 g/mol. The smallest absolute Gasteiger partial charge is 0.166 e. The molecule has 0 atom stereocenters. The monoisotopic (exact) mass is 214 g/mol. The molecular formula is C12H13F3. The van der Waals surface area contributed by atoms with Crippen molar-refractivity contribution in [3.05, 3.63) is 41.0 Å². The highest BCUT2D eigenvalue weighted by Gasteiger charge is 2.34. The van der Waals surface area contributed by atoms with Gasteiger partial charge < -0.3 is 0 Å². The lowest BCUT2D eigenvalue weighted by Gasteiger charge is -2.15. The SMILES string of the molecule is C=C(C)c1cc(C)c(C(F)(F)F)c(C)c1. The standard InChI is InChI=1S/C12H13F3/c1-7(2)10-5-8(3)11(9(4)6-10)12(13,14)15/h5-6H,1H2,2-4H3. The van der Waals surface area contributed by atoms with Gasteiger partial charge in [-0.15, -0.1) is 0 Å². The highest BCUT2D eigenvalue weighted by Crippen LogP contribution is 2.35. The summed E-state index contributed by atoms with van der Waals surface area (Å²) < 4.78 is 37.9. The van der Waals surface area contributed by atoms with Crippen molar-refractivity contribution in [1.29, 1.82) is 0 Å². The Morgan fingerprint density at radius 2 is 1.53 bits per heavy atom. The van der Waals surface area contributed by atoms with E-state index in [0.29, 0.717) is 0 Å². The van der Waals surface area contributed by atoms with Gasteiger partial charge in [-0.3, -0.25) is 0 Å². The summed E-state index contributed by atoms with van der Waals surface area (Å²) in [5.41, 5.74) is 1.50. The molecule has 0 saturated heterocycles. The van der Waals surface area contributed by atoms with Crippen LogP contribution in [0.2, 0.25) is 0 Å². The highest BCUT2D eigenvalue weighted by molar-refractivity contribution is 5.63. The summed E-state index contributed by atoms with van der Waals surface area (Å²) in [4.78, 5) is 0. The summed E-state index contributed by atoms with van der Waals surface area (Å²) in [6.45, 7) is 8.45. The molecule has 0 nitrogen and oxygen atoms in total. The van der Waals surface area contributed by atoms with Crippen LogP contribution in [0, 0.1) is 13.8 Å². The average Bonchev–Trinajstić information content (AvgIpc) is 1.99. The molecule has 0 radical (unpaired) electrons. The van der Waals surface area contributed by atoms with Crippen molar-refractivity contribution in [2.75, 3.05) is 0 Å². The molecule has 1 aromatic rings. The molecule has 0 heterocycles. The lowest BCUT2D eigenvalue weighted by molar-refractivity contribution is -0.138. The lowest BCUT2D eigenvalue weighted by Crippen LogP contribution is -2.10. The van der Waals surface area contributed by atoms with Crippen LogP contribution in [-0.4, -0.2) is 0 Å². The molecule has 0 saturated carbocycles. The van der Waals surface area contributed by atoms with Crippen molar-refractivity contribution in [3.8, 4) is 0 Å². The molecule has 0 aliphatic heterocycles. The summed E-state index contributed by atoms with van der Waals surface area (Å²) in [7, 11) is 0. The van der Waals surface area contributed by atoms with Crippen molar-refractivity contribution < 1.29 is 13.2 Å². The molecule has 0 unspecified atom stereocenters. The van der Waals surface area contributed by atoms with Crippen molar-refractivity contribution in [2.24, 2.45) is 0 Å². The fourth-order valence-electron chi connectivity index (χ4n) is 1.66. The maximum atomic E-state index is 12.6. The maximum Gasteiger partial charge on any atom is 0.416 e. The summed E-state index contributed by atoms with van der Waals surface area (Å²) in [6, 6.07) is 3.05. The van der Waals surface area contributed by atoms with E-state index in [1.54, 1.807) is 6.92 Å². The normalized spacial score (nSPS) is 11.6. The van der Waals surface area contributed by atoms with Crippen molar-refractivity contribution in [2.45, 2.75) is 26.9 Å². The van der Waals surface area contributed by atoms with E-state index in [1.807, 2.05) is 0 Å². The number of halogens is 3. The molecule has 0 bridgehead atoms. The Morgan fingerprint density at radius 1 is 1.13 bits per heavy atom. The van der Waals surface area contributed by atoms with E-state index in [9.17, 15) is 13.2 Å². The predicted molar refractivity (Wildman–Crippen MR) is 55.6 cm³/mol. The largest absolute Gasteiger partial charge is 0.416 e. The van der Waals surface area contributed by atoms with Gasteiger partial charge in [-0.2, -0.15) is 13.2 Å². The third-order valence-corrected chi connectivity index (χ3v) is 2.31. The molecule has 0 N–H and O–H groups in total. The van der Waals surface area contributed by atoms with Crippen LogP contribution in [0.15, 0.2) is 18.7 Å². The highest BCUT2D eigenvalue weighted by atomic mass is 19.4. The first-order valence-electron chi connectivity index (χ1n) is 4.58. The van der Waals surface area contributed by atoms with Gasteiger partial charge >= 0.3 is 6.18 Å². The van der Waals surface area contributed by atoms with Crippen molar-refractivity contribution in [3.63, 3.8) is 0 Å². The third-order valence-electron chi connectivity index (χ3n) is 2.31. The number of allylic oxidation sites excluding steroid dienone is 1. The van der Waals surface area contributed by atoms with Gasteiger partial charge in [0.2, 0.25) is 0 Å². The fraction of sp³-hybridized carbons (Fsp3) is 0.333. The first kappa shape index (κ1) is 11.8. The summed E-state index contributed by atoms with van der Waals surface area (Å²) in [6.07, 6.45) is -4.28. The quantitative estimate of drug-likeness (QED) is 0.651. The van der Waals surface area contributed by atoms with Crippen molar-refractivity contribution in [1.82, 2.24) is 0 Å². The Kier molecular flexibility index (Phi) is 2.93. The molecule has 0 spiro atoms. The Morgan fingerprint density at radius 3 is 1.80 bits per heavy atom. The van der Waals surface area contributed by atoms with Crippen LogP contribution in [-0.2, 0) is 6.18 Å². The molecule has 82 valence electrons. The van der Waals surface area contributed by atoms with Gasteiger partial charge in [0, 0.05) is 0 Å². The molecule has 0 aromatic heterocycles. The van der Waals surface area contributed by atoms with E-state index in [2.05, 4.69) is 6.58 Å². The molecule has 1 rings (SSSR count). The van der Waals surface area contributed by atoms with Crippen LogP contribution in [0.5, 0.6) is 0 Å². The van der Waals surface area contributed by atoms with E-state index in [0.717, 1.165) is 11.1 Å². The second-order valence-electron chi connectivity index (χ2n) is 3.76. The molecule has 0 amide bonds. The maximum absolute atomic E-state index is 12.6. The zero-order valence-electron chi connectivity index (χ0n) is 9.00.